The Hall–Kier alpha value is -2.57. The molecule has 148 valence electrons. The third-order valence-corrected chi connectivity index (χ3v) is 6.36. The SMILES string of the molecule is O=C(CSc1ccc(N2C(=O)[C@@H]3CC=CC[C@H]3C2=O)cc1)Nc1ccc(Cl)cc1. The van der Waals surface area contributed by atoms with Crippen LogP contribution in [-0.4, -0.2) is 23.5 Å². The van der Waals surface area contributed by atoms with E-state index in [-0.39, 0.29) is 35.3 Å². The smallest absolute Gasteiger partial charge is 0.238 e. The van der Waals surface area contributed by atoms with Crippen LogP contribution in [0.4, 0.5) is 11.4 Å². The number of carbonyl (C=O) groups excluding carboxylic acids is 3. The Balaban J connectivity index is 1.36. The number of allylic oxidation sites excluding steroid dienone is 2. The van der Waals surface area contributed by atoms with Crippen LogP contribution < -0.4 is 10.2 Å². The van der Waals surface area contributed by atoms with E-state index < -0.39 is 0 Å². The van der Waals surface area contributed by atoms with Crippen molar-refractivity contribution in [2.24, 2.45) is 11.8 Å². The normalized spacial score (nSPS) is 20.7. The molecule has 0 saturated carbocycles. The molecule has 4 rings (SSSR count). The summed E-state index contributed by atoms with van der Waals surface area (Å²) in [4.78, 5) is 39.6. The fraction of sp³-hybridized carbons (Fsp3) is 0.227. The van der Waals surface area contributed by atoms with Gasteiger partial charge in [0.25, 0.3) is 0 Å². The zero-order chi connectivity index (χ0) is 20.4. The van der Waals surface area contributed by atoms with Crippen LogP contribution in [-0.2, 0) is 14.4 Å². The highest BCUT2D eigenvalue weighted by atomic mass is 35.5. The van der Waals surface area contributed by atoms with Gasteiger partial charge in [0.2, 0.25) is 17.7 Å². The first-order valence-corrected chi connectivity index (χ1v) is 10.7. The van der Waals surface area contributed by atoms with E-state index in [2.05, 4.69) is 5.32 Å². The van der Waals surface area contributed by atoms with Crippen molar-refractivity contribution >= 4 is 52.5 Å². The van der Waals surface area contributed by atoms with Gasteiger partial charge in [0.05, 0.1) is 23.3 Å². The molecule has 2 aromatic rings. The minimum Gasteiger partial charge on any atom is -0.325 e. The number of carbonyl (C=O) groups is 3. The van der Waals surface area contributed by atoms with E-state index in [1.165, 1.54) is 16.7 Å². The molecule has 1 saturated heterocycles. The summed E-state index contributed by atoms with van der Waals surface area (Å²) in [6, 6.07) is 14.1. The largest absolute Gasteiger partial charge is 0.325 e. The average molecular weight is 427 g/mol. The second-order valence-electron chi connectivity index (χ2n) is 7.01. The average Bonchev–Trinajstić information content (AvgIpc) is 2.99. The predicted octanol–water partition coefficient (Wildman–Crippen LogP) is 4.53. The molecule has 1 heterocycles. The number of thioether (sulfide) groups is 1. The summed E-state index contributed by atoms with van der Waals surface area (Å²) < 4.78 is 0. The van der Waals surface area contributed by atoms with Crippen molar-refractivity contribution < 1.29 is 14.4 Å². The summed E-state index contributed by atoms with van der Waals surface area (Å²) in [7, 11) is 0. The summed E-state index contributed by atoms with van der Waals surface area (Å²) in [5, 5.41) is 3.43. The maximum absolute atomic E-state index is 12.6. The van der Waals surface area contributed by atoms with Gasteiger partial charge in [-0.15, -0.1) is 11.8 Å². The van der Waals surface area contributed by atoms with Crippen LogP contribution in [0.1, 0.15) is 12.8 Å². The van der Waals surface area contributed by atoms with Crippen molar-refractivity contribution in [1.29, 1.82) is 0 Å². The molecule has 5 nitrogen and oxygen atoms in total. The Kier molecular flexibility index (Phi) is 5.74. The van der Waals surface area contributed by atoms with Crippen LogP contribution in [0.2, 0.25) is 5.02 Å². The van der Waals surface area contributed by atoms with Gasteiger partial charge in [-0.1, -0.05) is 23.8 Å². The number of halogens is 1. The number of anilines is 2. The van der Waals surface area contributed by atoms with E-state index in [4.69, 9.17) is 11.6 Å². The van der Waals surface area contributed by atoms with Gasteiger partial charge in [0, 0.05) is 15.6 Å². The van der Waals surface area contributed by atoms with Gasteiger partial charge < -0.3 is 5.32 Å². The number of imide groups is 1. The Morgan fingerprint density at radius 2 is 1.55 bits per heavy atom. The first kappa shape index (κ1) is 19.7. The van der Waals surface area contributed by atoms with Crippen molar-refractivity contribution in [3.63, 3.8) is 0 Å². The molecule has 1 N–H and O–H groups in total. The topological polar surface area (TPSA) is 66.5 Å². The van der Waals surface area contributed by atoms with E-state index in [9.17, 15) is 14.4 Å². The van der Waals surface area contributed by atoms with E-state index in [0.29, 0.717) is 29.2 Å². The molecule has 0 bridgehead atoms. The Labute approximate surface area is 178 Å². The molecular formula is C22H19ClN2O3S. The lowest BCUT2D eigenvalue weighted by Gasteiger charge is -2.15. The molecule has 0 radical (unpaired) electrons. The fourth-order valence-corrected chi connectivity index (χ4v) is 4.45. The van der Waals surface area contributed by atoms with Crippen LogP contribution in [0.3, 0.4) is 0 Å². The highest BCUT2D eigenvalue weighted by molar-refractivity contribution is 8.00. The van der Waals surface area contributed by atoms with E-state index in [0.717, 1.165) is 4.90 Å². The molecule has 2 atom stereocenters. The van der Waals surface area contributed by atoms with Gasteiger partial charge in [0.1, 0.15) is 0 Å². The molecule has 1 aliphatic heterocycles. The number of hydrogen-bond acceptors (Lipinski definition) is 4. The molecule has 0 aromatic heterocycles. The Morgan fingerprint density at radius 3 is 2.14 bits per heavy atom. The molecule has 29 heavy (non-hydrogen) atoms. The quantitative estimate of drug-likeness (QED) is 0.433. The minimum absolute atomic E-state index is 0.118. The summed E-state index contributed by atoms with van der Waals surface area (Å²) >= 11 is 7.22. The second kappa shape index (κ2) is 8.43. The lowest BCUT2D eigenvalue weighted by atomic mass is 9.85. The van der Waals surface area contributed by atoms with Gasteiger partial charge in [-0.05, 0) is 61.4 Å². The van der Waals surface area contributed by atoms with Gasteiger partial charge in [-0.25, -0.2) is 0 Å². The molecule has 3 amide bonds. The number of fused-ring (bicyclic) bond motifs is 1. The van der Waals surface area contributed by atoms with Crippen LogP contribution in [0, 0.1) is 11.8 Å². The lowest BCUT2D eigenvalue weighted by molar-refractivity contribution is -0.122. The zero-order valence-corrected chi connectivity index (χ0v) is 17.1. The third kappa shape index (κ3) is 4.23. The summed E-state index contributed by atoms with van der Waals surface area (Å²) in [5.74, 6) is -0.586. The van der Waals surface area contributed by atoms with Crippen molar-refractivity contribution in [3.8, 4) is 0 Å². The zero-order valence-electron chi connectivity index (χ0n) is 15.5. The maximum Gasteiger partial charge on any atom is 0.238 e. The molecule has 0 unspecified atom stereocenters. The van der Waals surface area contributed by atoms with E-state index in [1.54, 1.807) is 36.4 Å². The Morgan fingerprint density at radius 1 is 0.966 bits per heavy atom. The molecule has 2 aliphatic rings. The van der Waals surface area contributed by atoms with Gasteiger partial charge in [0.15, 0.2) is 0 Å². The molecular weight excluding hydrogens is 408 g/mol. The first-order chi connectivity index (χ1) is 14.0. The number of nitrogens with one attached hydrogen (secondary N) is 1. The standard InChI is InChI=1S/C22H19ClN2O3S/c23-14-5-7-15(8-6-14)24-20(26)13-29-17-11-9-16(10-12-17)25-21(27)18-3-1-2-4-19(18)22(25)28/h1-2,5-12,18-19H,3-4,13H2,(H,24,26)/t18-,19-/m1/s1. The Bertz CT molecular complexity index is 947. The minimum atomic E-state index is -0.238. The van der Waals surface area contributed by atoms with Crippen LogP contribution >= 0.6 is 23.4 Å². The number of rotatable bonds is 5. The van der Waals surface area contributed by atoms with Crippen molar-refractivity contribution in [1.82, 2.24) is 0 Å². The van der Waals surface area contributed by atoms with Crippen LogP contribution in [0.5, 0.6) is 0 Å². The summed E-state index contributed by atoms with van der Waals surface area (Å²) in [6.45, 7) is 0. The summed E-state index contributed by atoms with van der Waals surface area (Å²) in [6.07, 6.45) is 5.21. The molecule has 1 fully saturated rings. The van der Waals surface area contributed by atoms with Crippen molar-refractivity contribution in [2.45, 2.75) is 17.7 Å². The third-order valence-electron chi connectivity index (χ3n) is 5.10. The van der Waals surface area contributed by atoms with Crippen molar-refractivity contribution in [2.75, 3.05) is 16.0 Å². The van der Waals surface area contributed by atoms with Gasteiger partial charge in [-0.2, -0.15) is 0 Å². The van der Waals surface area contributed by atoms with Crippen molar-refractivity contribution in [3.05, 3.63) is 65.7 Å². The second-order valence-corrected chi connectivity index (χ2v) is 8.49. The number of hydrogen-bond donors (Lipinski definition) is 1. The molecule has 0 spiro atoms. The first-order valence-electron chi connectivity index (χ1n) is 9.34. The van der Waals surface area contributed by atoms with Crippen LogP contribution in [0.25, 0.3) is 0 Å². The molecule has 1 aliphatic carbocycles. The number of nitrogens with zero attached hydrogens (tertiary/aromatic N) is 1. The number of amides is 3. The van der Waals surface area contributed by atoms with Crippen LogP contribution in [0.15, 0.2) is 65.6 Å². The highest BCUT2D eigenvalue weighted by Crippen LogP contribution is 2.38. The number of benzene rings is 2. The molecule has 2 aromatic carbocycles. The predicted molar refractivity (Wildman–Crippen MR) is 115 cm³/mol. The maximum atomic E-state index is 12.6. The highest BCUT2D eigenvalue weighted by Gasteiger charge is 2.47. The van der Waals surface area contributed by atoms with Gasteiger partial charge in [-0.3, -0.25) is 19.3 Å². The van der Waals surface area contributed by atoms with E-state index >= 15 is 0 Å². The van der Waals surface area contributed by atoms with E-state index in [1.807, 2.05) is 24.3 Å². The molecule has 7 heteroatoms. The summed E-state index contributed by atoms with van der Waals surface area (Å²) in [5.41, 5.74) is 1.28. The fourth-order valence-electron chi connectivity index (χ4n) is 3.63. The monoisotopic (exact) mass is 426 g/mol. The lowest BCUT2D eigenvalue weighted by Crippen LogP contribution is -2.30. The van der Waals surface area contributed by atoms with Gasteiger partial charge >= 0.3 is 0 Å².